The third-order valence-corrected chi connectivity index (χ3v) is 6.09. The number of hydrogen-bond acceptors (Lipinski definition) is 3. The van der Waals surface area contributed by atoms with Crippen LogP contribution in [0.3, 0.4) is 0 Å². The Morgan fingerprint density at radius 2 is 1.80 bits per heavy atom. The average molecular weight is 336 g/mol. The first-order valence-corrected chi connectivity index (χ1v) is 8.43. The van der Waals surface area contributed by atoms with Gasteiger partial charge in [0, 0.05) is 11.6 Å². The summed E-state index contributed by atoms with van der Waals surface area (Å²) in [4.78, 5) is 8.54. The number of halogens is 1. The Bertz CT molecular complexity index is 540. The number of anilines is 1. The second-order valence-corrected chi connectivity index (χ2v) is 9.07. The highest BCUT2D eigenvalue weighted by Crippen LogP contribution is 2.66. The Morgan fingerprint density at radius 1 is 1.10 bits per heavy atom. The van der Waals surface area contributed by atoms with Crippen molar-refractivity contribution in [3.8, 4) is 0 Å². The first-order chi connectivity index (χ1) is 9.38. The van der Waals surface area contributed by atoms with Crippen molar-refractivity contribution in [3.63, 3.8) is 0 Å². The van der Waals surface area contributed by atoms with Crippen molar-refractivity contribution in [2.24, 2.45) is 16.7 Å². The predicted molar refractivity (Wildman–Crippen MR) is 83.5 cm³/mol. The van der Waals surface area contributed by atoms with Crippen LogP contribution in [0.15, 0.2) is 17.0 Å². The molecule has 0 aliphatic heterocycles. The van der Waals surface area contributed by atoms with Crippen molar-refractivity contribution in [2.45, 2.75) is 57.9 Å². The first kappa shape index (κ1) is 13.1. The van der Waals surface area contributed by atoms with Crippen LogP contribution in [0.2, 0.25) is 0 Å². The molecule has 4 aliphatic carbocycles. The fourth-order valence-electron chi connectivity index (χ4n) is 6.26. The van der Waals surface area contributed by atoms with E-state index in [9.17, 15) is 0 Å². The number of nitrogens with zero attached hydrogens (tertiary/aromatic N) is 2. The maximum atomic E-state index is 4.41. The standard InChI is InChI=1S/C16H22BrN3/c1-14-4-11-5-15(2,7-14)9-16(6-11,8-14)20-13-3-12(17)18-10-19-13/h3,10-11H,4-9H2,1-2H3,(H,18,19,20). The topological polar surface area (TPSA) is 37.8 Å². The van der Waals surface area contributed by atoms with E-state index in [0.29, 0.717) is 10.8 Å². The summed E-state index contributed by atoms with van der Waals surface area (Å²) < 4.78 is 0.858. The third kappa shape index (κ3) is 2.07. The fourth-order valence-corrected chi connectivity index (χ4v) is 6.57. The van der Waals surface area contributed by atoms with Gasteiger partial charge in [-0.05, 0) is 71.2 Å². The Hall–Kier alpha value is -0.640. The Kier molecular flexibility index (Phi) is 2.59. The highest BCUT2D eigenvalue weighted by Gasteiger charge is 2.60. The van der Waals surface area contributed by atoms with Crippen LogP contribution in [0, 0.1) is 16.7 Å². The van der Waals surface area contributed by atoms with Gasteiger partial charge in [-0.25, -0.2) is 9.97 Å². The lowest BCUT2D eigenvalue weighted by Gasteiger charge is -2.65. The minimum atomic E-state index is 0.261. The van der Waals surface area contributed by atoms with Gasteiger partial charge in [-0.15, -0.1) is 0 Å². The van der Waals surface area contributed by atoms with Gasteiger partial charge in [-0.2, -0.15) is 0 Å². The molecule has 4 aliphatic rings. The van der Waals surface area contributed by atoms with Crippen LogP contribution in [-0.2, 0) is 0 Å². The zero-order valence-electron chi connectivity index (χ0n) is 12.2. The summed E-state index contributed by atoms with van der Waals surface area (Å²) in [6, 6.07) is 2.00. The molecule has 4 heteroatoms. The maximum Gasteiger partial charge on any atom is 0.130 e. The summed E-state index contributed by atoms with van der Waals surface area (Å²) in [7, 11) is 0. The van der Waals surface area contributed by atoms with Gasteiger partial charge in [0.2, 0.25) is 0 Å². The fraction of sp³-hybridized carbons (Fsp3) is 0.750. The summed E-state index contributed by atoms with van der Waals surface area (Å²) in [6.07, 6.45) is 9.82. The maximum absolute atomic E-state index is 4.41. The third-order valence-electron chi connectivity index (χ3n) is 5.65. The summed E-state index contributed by atoms with van der Waals surface area (Å²) in [5, 5.41) is 3.80. The molecule has 1 heterocycles. The lowest BCUT2D eigenvalue weighted by atomic mass is 9.43. The zero-order chi connectivity index (χ0) is 14.0. The zero-order valence-corrected chi connectivity index (χ0v) is 13.8. The monoisotopic (exact) mass is 335 g/mol. The summed E-state index contributed by atoms with van der Waals surface area (Å²) in [5.74, 6) is 1.88. The minimum absolute atomic E-state index is 0.261. The molecule has 0 aromatic carbocycles. The normalized spacial score (nSPS) is 45.6. The first-order valence-electron chi connectivity index (χ1n) is 7.64. The van der Waals surface area contributed by atoms with Crippen molar-refractivity contribution in [2.75, 3.05) is 5.32 Å². The van der Waals surface area contributed by atoms with Gasteiger partial charge >= 0.3 is 0 Å². The van der Waals surface area contributed by atoms with Crippen molar-refractivity contribution in [1.29, 1.82) is 0 Å². The Morgan fingerprint density at radius 3 is 2.40 bits per heavy atom. The van der Waals surface area contributed by atoms with Crippen LogP contribution in [0.1, 0.15) is 52.4 Å². The highest BCUT2D eigenvalue weighted by molar-refractivity contribution is 9.10. The molecule has 0 radical (unpaired) electrons. The molecular formula is C16H22BrN3. The van der Waals surface area contributed by atoms with Crippen LogP contribution < -0.4 is 5.32 Å². The molecular weight excluding hydrogens is 314 g/mol. The number of aromatic nitrogens is 2. The van der Waals surface area contributed by atoms with Crippen molar-refractivity contribution >= 4 is 21.7 Å². The molecule has 4 saturated carbocycles. The molecule has 0 amide bonds. The molecule has 1 aromatic heterocycles. The van der Waals surface area contributed by atoms with E-state index in [4.69, 9.17) is 0 Å². The van der Waals surface area contributed by atoms with Gasteiger partial charge < -0.3 is 5.32 Å². The van der Waals surface area contributed by atoms with Gasteiger partial charge in [0.15, 0.2) is 0 Å². The molecule has 4 fully saturated rings. The number of rotatable bonds is 2. The SMILES string of the molecule is CC12CC3CC(C)(C1)CC(Nc1cc(Br)ncn1)(C3)C2. The van der Waals surface area contributed by atoms with Crippen LogP contribution in [0.5, 0.6) is 0 Å². The minimum Gasteiger partial charge on any atom is -0.364 e. The average Bonchev–Trinajstić information content (AvgIpc) is 2.22. The van der Waals surface area contributed by atoms with Gasteiger partial charge in [-0.3, -0.25) is 0 Å². The van der Waals surface area contributed by atoms with E-state index in [1.807, 2.05) is 6.07 Å². The van der Waals surface area contributed by atoms with Crippen LogP contribution >= 0.6 is 15.9 Å². The van der Waals surface area contributed by atoms with Crippen LogP contribution in [0.25, 0.3) is 0 Å². The number of nitrogens with one attached hydrogen (secondary N) is 1. The summed E-state index contributed by atoms with van der Waals surface area (Å²) in [5.41, 5.74) is 1.33. The van der Waals surface area contributed by atoms with E-state index in [0.717, 1.165) is 16.3 Å². The van der Waals surface area contributed by atoms with Crippen molar-refractivity contribution in [1.82, 2.24) is 9.97 Å². The molecule has 0 spiro atoms. The van der Waals surface area contributed by atoms with E-state index >= 15 is 0 Å². The smallest absolute Gasteiger partial charge is 0.130 e. The molecule has 4 bridgehead atoms. The molecule has 1 aromatic rings. The van der Waals surface area contributed by atoms with E-state index in [2.05, 4.69) is 45.1 Å². The highest BCUT2D eigenvalue weighted by atomic mass is 79.9. The molecule has 5 rings (SSSR count). The Labute approximate surface area is 129 Å². The summed E-state index contributed by atoms with van der Waals surface area (Å²) in [6.45, 7) is 5.00. The quantitative estimate of drug-likeness (QED) is 0.814. The van der Waals surface area contributed by atoms with Crippen molar-refractivity contribution in [3.05, 3.63) is 17.0 Å². The van der Waals surface area contributed by atoms with E-state index in [1.165, 1.54) is 38.5 Å². The lowest BCUT2D eigenvalue weighted by molar-refractivity contribution is -0.0973. The van der Waals surface area contributed by atoms with Gasteiger partial charge in [0.05, 0.1) is 0 Å². The second kappa shape index (κ2) is 3.96. The van der Waals surface area contributed by atoms with Crippen LogP contribution in [0.4, 0.5) is 5.82 Å². The van der Waals surface area contributed by atoms with Gasteiger partial charge in [-0.1, -0.05) is 13.8 Å². The molecule has 2 unspecified atom stereocenters. The molecule has 3 nitrogen and oxygen atoms in total. The second-order valence-electron chi connectivity index (χ2n) is 8.26. The Balaban J connectivity index is 1.67. The molecule has 20 heavy (non-hydrogen) atoms. The van der Waals surface area contributed by atoms with E-state index in [-0.39, 0.29) is 5.54 Å². The van der Waals surface area contributed by atoms with Gasteiger partial charge in [0.1, 0.15) is 16.7 Å². The van der Waals surface area contributed by atoms with Crippen LogP contribution in [-0.4, -0.2) is 15.5 Å². The van der Waals surface area contributed by atoms with E-state index < -0.39 is 0 Å². The van der Waals surface area contributed by atoms with Gasteiger partial charge in [0.25, 0.3) is 0 Å². The molecule has 108 valence electrons. The lowest BCUT2D eigenvalue weighted by Crippen LogP contribution is -2.61. The summed E-state index contributed by atoms with van der Waals surface area (Å²) >= 11 is 3.44. The van der Waals surface area contributed by atoms with Crippen molar-refractivity contribution < 1.29 is 0 Å². The largest absolute Gasteiger partial charge is 0.364 e. The molecule has 1 N–H and O–H groups in total. The predicted octanol–water partition coefficient (Wildman–Crippen LogP) is 4.40. The van der Waals surface area contributed by atoms with E-state index in [1.54, 1.807) is 6.33 Å². The molecule has 2 atom stereocenters. The number of hydrogen-bond donors (Lipinski definition) is 1. The molecule has 0 saturated heterocycles.